The molecule has 1 spiro atoms. The highest BCUT2D eigenvalue weighted by Gasteiger charge is 2.63. The topological polar surface area (TPSA) is 91.1 Å². The zero-order chi connectivity index (χ0) is 56.8. The van der Waals surface area contributed by atoms with Crippen molar-refractivity contribution in [3.8, 4) is 22.3 Å². The molecule has 3 amide bonds. The lowest BCUT2D eigenvalue weighted by molar-refractivity contribution is -0.142. The maximum Gasteiger partial charge on any atom is 0.244 e. The average Bonchev–Trinajstić information content (AvgIpc) is 4.30. The standard InChI is InChI=1S/C70H78N6O4/c1-45(2)63-69(44-77,31-35-74(63)62(78)43-67(4,5)6)57-38-47(23-28-58(57)73(12)54-19-15-17-50(39-54)52-26-24-48-29-33-71(10)60(48)41-52)37-46(3)64-70(32-36-75(64)65(79)68(7,8)9)56-21-13-14-22-59(56)76(66(70)80)55-20-16-18-51(40-55)53-27-25-49-30-34-72(11)61(49)42-53/h13-30,33-34,38-42,44-46,63-64H,31-32,35-37,43H2,1-12H3/t46-,63-,64?,69-,70?/m0/s1. The van der Waals surface area contributed by atoms with Gasteiger partial charge in [0.25, 0.3) is 0 Å². The number of aldehydes is 1. The number of likely N-dealkylation sites (tertiary alicyclic amines) is 2. The smallest absolute Gasteiger partial charge is 0.244 e. The predicted octanol–water partition coefficient (Wildman–Crippen LogP) is 14.3. The van der Waals surface area contributed by atoms with Crippen LogP contribution in [-0.2, 0) is 50.5 Å². The molecule has 8 aromatic rings. The number of carbonyl (C=O) groups is 4. The molecule has 0 radical (unpaired) electrons. The number of aryl methyl sites for hydroxylation is 2. The number of hydrogen-bond donors (Lipinski definition) is 0. The first-order valence-electron chi connectivity index (χ1n) is 28.7. The van der Waals surface area contributed by atoms with Crippen molar-refractivity contribution in [1.29, 1.82) is 0 Å². The lowest BCUT2D eigenvalue weighted by Gasteiger charge is -2.41. The van der Waals surface area contributed by atoms with Crippen molar-refractivity contribution < 1.29 is 19.2 Å². The number of aromatic nitrogens is 2. The van der Waals surface area contributed by atoms with Gasteiger partial charge in [-0.1, -0.05) is 141 Å². The molecule has 412 valence electrons. The number of carbonyl (C=O) groups excluding carboxylic acids is 4. The zero-order valence-electron chi connectivity index (χ0n) is 48.9. The summed E-state index contributed by atoms with van der Waals surface area (Å²) >= 11 is 0. The molecule has 10 nitrogen and oxygen atoms in total. The number of anilines is 4. The normalized spacial score (nSPS) is 20.7. The SMILES string of the molecule is CC(C)[C@@H]1N(C(=O)CC(C)(C)C)CC[C@]1(C=O)c1cc(C[C@H](C)C2N(C(=O)C(C)(C)C)CCC23C(=O)N(c2cccc(-c4ccc5ccn(C)c5c4)c2)c2ccccc23)ccc1N(C)c1cccc(-c2ccc3ccn(C)c3c2)c1. The van der Waals surface area contributed by atoms with Crippen molar-refractivity contribution in [1.82, 2.24) is 18.9 Å². The largest absolute Gasteiger partial charge is 0.351 e. The van der Waals surface area contributed by atoms with Crippen LogP contribution in [0.1, 0.15) is 98.3 Å². The van der Waals surface area contributed by atoms with Crippen molar-refractivity contribution in [2.75, 3.05) is 29.9 Å². The van der Waals surface area contributed by atoms with E-state index in [1.54, 1.807) is 0 Å². The fourth-order valence-electron chi connectivity index (χ4n) is 14.3. The third-order valence-corrected chi connectivity index (χ3v) is 18.0. The summed E-state index contributed by atoms with van der Waals surface area (Å²) in [6.07, 6.45) is 7.16. The quantitative estimate of drug-likeness (QED) is 0.114. The maximum atomic E-state index is 16.1. The van der Waals surface area contributed by atoms with Crippen LogP contribution < -0.4 is 9.80 Å². The fourth-order valence-corrected chi connectivity index (χ4v) is 14.3. The molecule has 3 aliphatic rings. The minimum Gasteiger partial charge on any atom is -0.351 e. The second-order valence-electron chi connectivity index (χ2n) is 26.1. The van der Waals surface area contributed by atoms with E-state index in [9.17, 15) is 14.4 Å². The number of hydrogen-bond acceptors (Lipinski definition) is 5. The van der Waals surface area contributed by atoms with E-state index >= 15 is 4.79 Å². The summed E-state index contributed by atoms with van der Waals surface area (Å²) in [5, 5.41) is 2.36. The van der Waals surface area contributed by atoms with Gasteiger partial charge in [0.05, 0.1) is 28.6 Å². The van der Waals surface area contributed by atoms with Crippen molar-refractivity contribution in [2.24, 2.45) is 36.8 Å². The van der Waals surface area contributed by atoms with E-state index in [1.165, 1.54) is 10.8 Å². The van der Waals surface area contributed by atoms with Crippen molar-refractivity contribution in [3.05, 3.63) is 169 Å². The molecule has 2 fully saturated rings. The number of rotatable bonds is 12. The molecule has 2 saturated heterocycles. The minimum absolute atomic E-state index is 0.0159. The third kappa shape index (κ3) is 9.12. The molecule has 10 heteroatoms. The zero-order valence-corrected chi connectivity index (χ0v) is 48.9. The van der Waals surface area contributed by atoms with Crippen molar-refractivity contribution in [2.45, 2.75) is 111 Å². The van der Waals surface area contributed by atoms with Crippen LogP contribution in [0.2, 0.25) is 0 Å². The van der Waals surface area contributed by atoms with E-state index in [0.29, 0.717) is 38.8 Å². The van der Waals surface area contributed by atoms with Gasteiger partial charge in [0.1, 0.15) is 6.29 Å². The van der Waals surface area contributed by atoms with Gasteiger partial charge in [-0.2, -0.15) is 0 Å². The van der Waals surface area contributed by atoms with Crippen molar-refractivity contribution >= 4 is 68.6 Å². The Morgan fingerprint density at radius 3 is 1.90 bits per heavy atom. The Balaban J connectivity index is 1.01. The maximum absolute atomic E-state index is 16.1. The van der Waals surface area contributed by atoms with Crippen LogP contribution in [0.25, 0.3) is 44.1 Å². The van der Waals surface area contributed by atoms with Gasteiger partial charge in [-0.15, -0.1) is 0 Å². The van der Waals surface area contributed by atoms with Crippen LogP contribution in [0.15, 0.2) is 152 Å². The van der Waals surface area contributed by atoms with E-state index in [1.807, 2.05) is 59.7 Å². The van der Waals surface area contributed by atoms with Gasteiger partial charge >= 0.3 is 0 Å². The lowest BCUT2D eigenvalue weighted by Crippen LogP contribution is -2.55. The van der Waals surface area contributed by atoms with E-state index < -0.39 is 28.3 Å². The summed E-state index contributed by atoms with van der Waals surface area (Å²) in [6.45, 7) is 19.5. The lowest BCUT2D eigenvalue weighted by atomic mass is 9.68. The number of para-hydroxylation sites is 1. The summed E-state index contributed by atoms with van der Waals surface area (Å²) in [5.74, 6) is -0.206. The van der Waals surface area contributed by atoms with Gasteiger partial charge in [0.2, 0.25) is 17.7 Å². The Morgan fingerprint density at radius 1 is 0.662 bits per heavy atom. The molecule has 11 rings (SSSR count). The van der Waals surface area contributed by atoms with Crippen molar-refractivity contribution in [3.63, 3.8) is 0 Å². The third-order valence-electron chi connectivity index (χ3n) is 18.0. The molecule has 0 N–H and O–H groups in total. The van der Waals surface area contributed by atoms with Crippen LogP contribution in [-0.4, -0.2) is 75.2 Å². The van der Waals surface area contributed by atoms with E-state index in [-0.39, 0.29) is 35.0 Å². The highest BCUT2D eigenvalue weighted by molar-refractivity contribution is 6.14. The molecule has 2 unspecified atom stereocenters. The Morgan fingerprint density at radius 2 is 1.27 bits per heavy atom. The summed E-state index contributed by atoms with van der Waals surface area (Å²) in [7, 11) is 6.20. The monoisotopic (exact) mass is 1070 g/mol. The molecule has 5 heterocycles. The first-order valence-corrected chi connectivity index (χ1v) is 28.7. The molecule has 6 aromatic carbocycles. The number of nitrogens with zero attached hydrogens (tertiary/aromatic N) is 6. The number of fused-ring (bicyclic) bond motifs is 4. The molecular weight excluding hydrogens is 989 g/mol. The fraction of sp³-hybridized carbons (Fsp3) is 0.371. The molecular formula is C70H78N6O4. The molecule has 0 saturated carbocycles. The van der Waals surface area contributed by atoms with Gasteiger partial charge in [-0.3, -0.25) is 19.3 Å². The van der Waals surface area contributed by atoms with Gasteiger partial charge in [-0.25, -0.2) is 0 Å². The summed E-state index contributed by atoms with van der Waals surface area (Å²) in [5.41, 5.74) is 9.84. The second kappa shape index (κ2) is 20.1. The Labute approximate surface area is 473 Å². The van der Waals surface area contributed by atoms with E-state index in [2.05, 4.69) is 204 Å². The molecule has 3 aliphatic heterocycles. The first kappa shape index (κ1) is 54.2. The van der Waals surface area contributed by atoms with Gasteiger partial charge in [0, 0.05) is 86.6 Å². The van der Waals surface area contributed by atoms with Gasteiger partial charge in [-0.05, 0) is 147 Å². The number of benzene rings is 6. The number of amides is 3. The van der Waals surface area contributed by atoms with E-state index in [4.69, 9.17) is 0 Å². The summed E-state index contributed by atoms with van der Waals surface area (Å²) in [4.78, 5) is 68.2. The van der Waals surface area contributed by atoms with Crippen LogP contribution in [0.4, 0.5) is 22.7 Å². The minimum atomic E-state index is -1.04. The van der Waals surface area contributed by atoms with Crippen LogP contribution >= 0.6 is 0 Å². The Bertz CT molecular complexity index is 3740. The first-order chi connectivity index (χ1) is 38.0. The highest BCUT2D eigenvalue weighted by atomic mass is 16.2. The Kier molecular flexibility index (Phi) is 13.6. The van der Waals surface area contributed by atoms with Crippen LogP contribution in [0.3, 0.4) is 0 Å². The molecule has 0 aliphatic carbocycles. The molecule has 5 atom stereocenters. The highest BCUT2D eigenvalue weighted by Crippen LogP contribution is 2.56. The Hall–Kier alpha value is -7.72. The predicted molar refractivity (Wildman–Crippen MR) is 326 cm³/mol. The van der Waals surface area contributed by atoms with Crippen LogP contribution in [0.5, 0.6) is 0 Å². The molecule has 2 aromatic heterocycles. The van der Waals surface area contributed by atoms with Crippen LogP contribution in [0, 0.1) is 22.7 Å². The molecule has 80 heavy (non-hydrogen) atoms. The van der Waals surface area contributed by atoms with E-state index in [0.717, 1.165) is 79.0 Å². The average molecular weight is 1070 g/mol. The molecule has 0 bridgehead atoms. The van der Waals surface area contributed by atoms with Gasteiger partial charge in [0.15, 0.2) is 0 Å². The summed E-state index contributed by atoms with van der Waals surface area (Å²) < 4.78 is 4.27. The van der Waals surface area contributed by atoms with Gasteiger partial charge < -0.3 is 28.6 Å². The second-order valence-corrected chi connectivity index (χ2v) is 26.1. The summed E-state index contributed by atoms with van der Waals surface area (Å²) in [6, 6.07) is 48.0.